The van der Waals surface area contributed by atoms with Gasteiger partial charge < -0.3 is 4.74 Å². The van der Waals surface area contributed by atoms with Gasteiger partial charge in [-0.05, 0) is 25.5 Å². The van der Waals surface area contributed by atoms with Crippen LogP contribution in [-0.2, 0) is 11.3 Å². The number of ether oxygens (including phenoxy) is 1. The maximum atomic E-state index is 12.5. The lowest BCUT2D eigenvalue weighted by molar-refractivity contribution is 0.0519. The fraction of sp³-hybridized carbons (Fsp3) is 0.312. The number of esters is 1. The molecule has 0 N–H and O–H groups in total. The fourth-order valence-electron chi connectivity index (χ4n) is 2.40. The molecule has 0 aromatic carbocycles. The van der Waals surface area contributed by atoms with Crippen molar-refractivity contribution in [2.45, 2.75) is 25.0 Å². The molecule has 0 spiro atoms. The van der Waals surface area contributed by atoms with Gasteiger partial charge in [0.25, 0.3) is 5.56 Å². The molecule has 24 heavy (non-hydrogen) atoms. The van der Waals surface area contributed by atoms with Crippen molar-refractivity contribution in [3.8, 4) is 17.3 Å². The van der Waals surface area contributed by atoms with Gasteiger partial charge in [0, 0.05) is 24.1 Å². The molecular weight excluding hydrogens is 328 g/mol. The van der Waals surface area contributed by atoms with Crippen LogP contribution >= 0.6 is 11.8 Å². The number of fused-ring (bicyclic) bond motifs is 1. The van der Waals surface area contributed by atoms with Crippen molar-refractivity contribution in [2.24, 2.45) is 0 Å². The molecule has 2 aromatic rings. The van der Waals surface area contributed by atoms with E-state index in [0.717, 1.165) is 12.2 Å². The first kappa shape index (κ1) is 16.2. The Morgan fingerprint density at radius 3 is 3.00 bits per heavy atom. The SMILES string of the molecule is CCOC(=O)c1ccc(-c2nc3n(c(=O)c2C#N)CCCS3)cn1. The minimum absolute atomic E-state index is 0.00747. The van der Waals surface area contributed by atoms with Crippen molar-refractivity contribution < 1.29 is 9.53 Å². The van der Waals surface area contributed by atoms with Gasteiger partial charge in [0.15, 0.2) is 5.16 Å². The maximum absolute atomic E-state index is 12.5. The zero-order valence-electron chi connectivity index (χ0n) is 13.0. The quantitative estimate of drug-likeness (QED) is 0.620. The van der Waals surface area contributed by atoms with E-state index in [2.05, 4.69) is 9.97 Å². The Morgan fingerprint density at radius 1 is 1.50 bits per heavy atom. The summed E-state index contributed by atoms with van der Waals surface area (Å²) in [5.41, 5.74) is 0.645. The molecule has 0 bridgehead atoms. The van der Waals surface area contributed by atoms with Gasteiger partial charge in [-0.2, -0.15) is 5.26 Å². The minimum Gasteiger partial charge on any atom is -0.461 e. The summed E-state index contributed by atoms with van der Waals surface area (Å²) in [5.74, 6) is 0.372. The monoisotopic (exact) mass is 342 g/mol. The van der Waals surface area contributed by atoms with Crippen molar-refractivity contribution in [3.05, 3.63) is 39.9 Å². The van der Waals surface area contributed by atoms with Crippen LogP contribution in [0.1, 0.15) is 29.4 Å². The second-order valence-electron chi connectivity index (χ2n) is 5.04. The van der Waals surface area contributed by atoms with E-state index in [1.54, 1.807) is 13.0 Å². The molecule has 0 saturated carbocycles. The number of rotatable bonds is 3. The number of aromatic nitrogens is 3. The van der Waals surface area contributed by atoms with Crippen LogP contribution in [0.4, 0.5) is 0 Å². The summed E-state index contributed by atoms with van der Waals surface area (Å²) in [5, 5.41) is 9.98. The molecule has 122 valence electrons. The van der Waals surface area contributed by atoms with Crippen LogP contribution < -0.4 is 5.56 Å². The van der Waals surface area contributed by atoms with Crippen LogP contribution in [0.5, 0.6) is 0 Å². The maximum Gasteiger partial charge on any atom is 0.356 e. The van der Waals surface area contributed by atoms with Gasteiger partial charge in [-0.3, -0.25) is 9.36 Å². The summed E-state index contributed by atoms with van der Waals surface area (Å²) >= 11 is 1.49. The van der Waals surface area contributed by atoms with Crippen LogP contribution in [-0.4, -0.2) is 32.9 Å². The smallest absolute Gasteiger partial charge is 0.356 e. The molecular formula is C16H14N4O3S. The molecule has 3 rings (SSSR count). The highest BCUT2D eigenvalue weighted by Crippen LogP contribution is 2.26. The summed E-state index contributed by atoms with van der Waals surface area (Å²) in [4.78, 5) is 32.7. The Bertz CT molecular complexity index is 884. The Labute approximate surface area is 142 Å². The number of carbonyl (C=O) groups excluding carboxylic acids is 1. The summed E-state index contributed by atoms with van der Waals surface area (Å²) in [6.45, 7) is 2.55. The van der Waals surface area contributed by atoms with E-state index in [-0.39, 0.29) is 23.4 Å². The highest BCUT2D eigenvalue weighted by molar-refractivity contribution is 7.99. The topological polar surface area (TPSA) is 97.9 Å². The summed E-state index contributed by atoms with van der Waals surface area (Å²) in [6, 6.07) is 5.06. The Kier molecular flexibility index (Phi) is 4.62. The van der Waals surface area contributed by atoms with Gasteiger partial charge in [0.05, 0.1) is 12.3 Å². The number of hydrogen-bond donors (Lipinski definition) is 0. The summed E-state index contributed by atoms with van der Waals surface area (Å²) in [6.07, 6.45) is 2.30. The molecule has 0 saturated heterocycles. The number of pyridine rings is 1. The molecule has 0 aliphatic carbocycles. The average molecular weight is 342 g/mol. The van der Waals surface area contributed by atoms with E-state index in [1.165, 1.54) is 28.6 Å². The molecule has 0 fully saturated rings. The second-order valence-corrected chi connectivity index (χ2v) is 6.10. The number of thioether (sulfide) groups is 1. The lowest BCUT2D eigenvalue weighted by Crippen LogP contribution is -2.29. The van der Waals surface area contributed by atoms with Crippen LogP contribution in [0.2, 0.25) is 0 Å². The predicted molar refractivity (Wildman–Crippen MR) is 87.7 cm³/mol. The van der Waals surface area contributed by atoms with E-state index in [1.807, 2.05) is 6.07 Å². The van der Waals surface area contributed by atoms with Crippen molar-refractivity contribution in [2.75, 3.05) is 12.4 Å². The van der Waals surface area contributed by atoms with Crippen molar-refractivity contribution in [3.63, 3.8) is 0 Å². The van der Waals surface area contributed by atoms with Crippen molar-refractivity contribution >= 4 is 17.7 Å². The van der Waals surface area contributed by atoms with E-state index in [4.69, 9.17) is 4.74 Å². The molecule has 0 unspecified atom stereocenters. The second kappa shape index (κ2) is 6.84. The number of carbonyl (C=O) groups is 1. The van der Waals surface area contributed by atoms with E-state index < -0.39 is 5.97 Å². The predicted octanol–water partition coefficient (Wildman–Crippen LogP) is 1.85. The lowest BCUT2D eigenvalue weighted by Gasteiger charge is -2.18. The van der Waals surface area contributed by atoms with E-state index >= 15 is 0 Å². The highest BCUT2D eigenvalue weighted by atomic mass is 32.2. The molecule has 1 aliphatic heterocycles. The summed E-state index contributed by atoms with van der Waals surface area (Å²) in [7, 11) is 0. The van der Waals surface area contributed by atoms with Crippen molar-refractivity contribution in [1.82, 2.24) is 14.5 Å². The largest absolute Gasteiger partial charge is 0.461 e. The Balaban J connectivity index is 2.06. The van der Waals surface area contributed by atoms with Gasteiger partial charge >= 0.3 is 5.97 Å². The lowest BCUT2D eigenvalue weighted by atomic mass is 10.1. The van der Waals surface area contributed by atoms with Gasteiger partial charge in [-0.25, -0.2) is 14.8 Å². The van der Waals surface area contributed by atoms with E-state index in [0.29, 0.717) is 23.0 Å². The number of nitrogens with zero attached hydrogens (tertiary/aromatic N) is 4. The molecule has 0 radical (unpaired) electrons. The van der Waals surface area contributed by atoms with E-state index in [9.17, 15) is 14.9 Å². The third-order valence-corrected chi connectivity index (χ3v) is 4.59. The molecule has 7 nitrogen and oxygen atoms in total. The van der Waals surface area contributed by atoms with Gasteiger partial charge in [0.1, 0.15) is 17.3 Å². The highest BCUT2D eigenvalue weighted by Gasteiger charge is 2.21. The molecule has 3 heterocycles. The standard InChI is InChI=1S/C16H14N4O3S/c1-2-23-15(22)12-5-4-10(9-18-12)13-11(8-17)14(21)20-6-3-7-24-16(20)19-13/h4-5,9H,2-3,6-7H2,1H3. The molecule has 0 amide bonds. The van der Waals surface area contributed by atoms with Crippen LogP contribution in [0.25, 0.3) is 11.3 Å². The number of hydrogen-bond acceptors (Lipinski definition) is 7. The number of nitriles is 1. The van der Waals surface area contributed by atoms with Crippen molar-refractivity contribution in [1.29, 1.82) is 5.26 Å². The zero-order chi connectivity index (χ0) is 17.1. The fourth-order valence-corrected chi connectivity index (χ4v) is 3.34. The third-order valence-electron chi connectivity index (χ3n) is 3.52. The molecule has 0 atom stereocenters. The van der Waals surface area contributed by atoms with Gasteiger partial charge in [-0.15, -0.1) is 0 Å². The zero-order valence-corrected chi connectivity index (χ0v) is 13.8. The first-order valence-electron chi connectivity index (χ1n) is 7.47. The van der Waals surface area contributed by atoms with Crippen LogP contribution in [0, 0.1) is 11.3 Å². The van der Waals surface area contributed by atoms with Crippen LogP contribution in [0.3, 0.4) is 0 Å². The normalized spacial score (nSPS) is 13.0. The first-order chi connectivity index (χ1) is 11.7. The average Bonchev–Trinajstić information content (AvgIpc) is 2.62. The Hall–Kier alpha value is -2.66. The summed E-state index contributed by atoms with van der Waals surface area (Å²) < 4.78 is 6.42. The molecule has 8 heteroatoms. The molecule has 1 aliphatic rings. The molecule has 2 aromatic heterocycles. The minimum atomic E-state index is -0.515. The first-order valence-corrected chi connectivity index (χ1v) is 8.45. The third kappa shape index (κ3) is 2.90. The van der Waals surface area contributed by atoms with Gasteiger partial charge in [0.2, 0.25) is 0 Å². The van der Waals surface area contributed by atoms with Crippen LogP contribution in [0.15, 0.2) is 28.3 Å². The van der Waals surface area contributed by atoms with Gasteiger partial charge in [-0.1, -0.05) is 11.8 Å². The Morgan fingerprint density at radius 2 is 2.33 bits per heavy atom.